The number of nitrogens with one attached hydrogen (secondary N) is 1. The quantitative estimate of drug-likeness (QED) is 0.762. The van der Waals surface area contributed by atoms with Crippen LogP contribution in [0.5, 0.6) is 0 Å². The van der Waals surface area contributed by atoms with E-state index in [2.05, 4.69) is 15.2 Å². The minimum absolute atomic E-state index is 0.0896. The summed E-state index contributed by atoms with van der Waals surface area (Å²) in [6.45, 7) is 1.68. The SMILES string of the molecule is CN(C)CCCNC(=O)C(Cc1ccncc1)c1ccccc1. The van der Waals surface area contributed by atoms with E-state index < -0.39 is 0 Å². The Hall–Kier alpha value is -2.20. The molecule has 4 nitrogen and oxygen atoms in total. The Morgan fingerprint density at radius 3 is 2.48 bits per heavy atom. The van der Waals surface area contributed by atoms with Gasteiger partial charge in [-0.15, -0.1) is 0 Å². The molecule has 122 valence electrons. The molecular weight excluding hydrogens is 286 g/mol. The maximum Gasteiger partial charge on any atom is 0.227 e. The van der Waals surface area contributed by atoms with E-state index in [4.69, 9.17) is 0 Å². The van der Waals surface area contributed by atoms with Crippen LogP contribution >= 0.6 is 0 Å². The fraction of sp³-hybridized carbons (Fsp3) is 0.368. The molecule has 1 aromatic carbocycles. The van der Waals surface area contributed by atoms with Crippen LogP contribution in [0.3, 0.4) is 0 Å². The van der Waals surface area contributed by atoms with Gasteiger partial charge in [0, 0.05) is 18.9 Å². The molecule has 0 spiro atoms. The molecule has 0 radical (unpaired) electrons. The highest BCUT2D eigenvalue weighted by Gasteiger charge is 2.20. The molecule has 23 heavy (non-hydrogen) atoms. The molecule has 0 aliphatic rings. The van der Waals surface area contributed by atoms with Crippen LogP contribution in [0, 0.1) is 0 Å². The molecule has 1 unspecified atom stereocenters. The summed E-state index contributed by atoms with van der Waals surface area (Å²) in [5.74, 6) is -0.0790. The summed E-state index contributed by atoms with van der Waals surface area (Å²) in [6, 6.07) is 13.9. The minimum Gasteiger partial charge on any atom is -0.356 e. The Morgan fingerprint density at radius 2 is 1.83 bits per heavy atom. The highest BCUT2D eigenvalue weighted by molar-refractivity contribution is 5.83. The minimum atomic E-state index is -0.169. The van der Waals surface area contributed by atoms with Gasteiger partial charge in [0.25, 0.3) is 0 Å². The fourth-order valence-corrected chi connectivity index (χ4v) is 2.53. The molecule has 1 atom stereocenters. The molecular formula is C19H25N3O. The van der Waals surface area contributed by atoms with Crippen molar-refractivity contribution in [2.75, 3.05) is 27.2 Å². The topological polar surface area (TPSA) is 45.2 Å². The summed E-state index contributed by atoms with van der Waals surface area (Å²) in [6.07, 6.45) is 5.18. The summed E-state index contributed by atoms with van der Waals surface area (Å²) in [7, 11) is 4.08. The van der Waals surface area contributed by atoms with Crippen molar-refractivity contribution in [3.63, 3.8) is 0 Å². The largest absolute Gasteiger partial charge is 0.356 e. The van der Waals surface area contributed by atoms with Crippen molar-refractivity contribution in [3.05, 3.63) is 66.0 Å². The number of amides is 1. The van der Waals surface area contributed by atoms with E-state index in [1.807, 2.05) is 56.6 Å². The molecule has 4 heteroatoms. The van der Waals surface area contributed by atoms with Gasteiger partial charge in [0.1, 0.15) is 0 Å². The molecule has 0 saturated heterocycles. The van der Waals surface area contributed by atoms with Gasteiger partial charge < -0.3 is 10.2 Å². The highest BCUT2D eigenvalue weighted by Crippen LogP contribution is 2.21. The molecule has 0 aliphatic carbocycles. The van der Waals surface area contributed by atoms with Gasteiger partial charge in [-0.2, -0.15) is 0 Å². The highest BCUT2D eigenvalue weighted by atomic mass is 16.1. The number of carbonyl (C=O) groups excluding carboxylic acids is 1. The molecule has 2 rings (SSSR count). The molecule has 0 fully saturated rings. The Morgan fingerprint density at radius 1 is 1.13 bits per heavy atom. The normalized spacial score (nSPS) is 12.1. The van der Waals surface area contributed by atoms with Gasteiger partial charge in [0.2, 0.25) is 5.91 Å². The number of pyridine rings is 1. The maximum atomic E-state index is 12.7. The van der Waals surface area contributed by atoms with Gasteiger partial charge in [-0.05, 0) is 56.7 Å². The van der Waals surface area contributed by atoms with Crippen LogP contribution < -0.4 is 5.32 Å². The predicted molar refractivity (Wildman–Crippen MR) is 93.3 cm³/mol. The zero-order valence-electron chi connectivity index (χ0n) is 13.9. The Labute approximate surface area is 138 Å². The van der Waals surface area contributed by atoms with E-state index in [1.54, 1.807) is 12.4 Å². The third kappa shape index (κ3) is 5.83. The molecule has 1 heterocycles. The number of carbonyl (C=O) groups is 1. The standard InChI is InChI=1S/C19H25N3O/c1-22(2)14-6-11-21-19(23)18(17-7-4-3-5-8-17)15-16-9-12-20-13-10-16/h3-5,7-10,12-13,18H,6,11,14-15H2,1-2H3,(H,21,23). The van der Waals surface area contributed by atoms with E-state index in [0.29, 0.717) is 13.0 Å². The van der Waals surface area contributed by atoms with Crippen LogP contribution in [0.4, 0.5) is 0 Å². The van der Waals surface area contributed by atoms with Gasteiger partial charge in [0.15, 0.2) is 0 Å². The van der Waals surface area contributed by atoms with E-state index in [0.717, 1.165) is 24.1 Å². The summed E-state index contributed by atoms with van der Waals surface area (Å²) in [4.78, 5) is 18.8. The molecule has 0 bridgehead atoms. The molecule has 0 saturated carbocycles. The summed E-state index contributed by atoms with van der Waals surface area (Å²) < 4.78 is 0. The zero-order valence-corrected chi connectivity index (χ0v) is 13.9. The zero-order chi connectivity index (χ0) is 16.5. The lowest BCUT2D eigenvalue weighted by atomic mass is 9.91. The van der Waals surface area contributed by atoms with Crippen molar-refractivity contribution in [2.24, 2.45) is 0 Å². The van der Waals surface area contributed by atoms with E-state index in [1.165, 1.54) is 0 Å². The summed E-state index contributed by atoms with van der Waals surface area (Å²) in [5, 5.41) is 3.08. The van der Waals surface area contributed by atoms with Crippen LogP contribution in [0.25, 0.3) is 0 Å². The van der Waals surface area contributed by atoms with Crippen molar-refractivity contribution >= 4 is 5.91 Å². The summed E-state index contributed by atoms with van der Waals surface area (Å²) >= 11 is 0. The van der Waals surface area contributed by atoms with Crippen LogP contribution in [-0.2, 0) is 11.2 Å². The number of hydrogen-bond acceptors (Lipinski definition) is 3. The van der Waals surface area contributed by atoms with E-state index in [9.17, 15) is 4.79 Å². The number of hydrogen-bond donors (Lipinski definition) is 1. The van der Waals surface area contributed by atoms with Crippen molar-refractivity contribution in [2.45, 2.75) is 18.8 Å². The molecule has 0 aliphatic heterocycles. The van der Waals surface area contributed by atoms with Crippen molar-refractivity contribution in [1.82, 2.24) is 15.2 Å². The lowest BCUT2D eigenvalue weighted by Gasteiger charge is -2.18. The number of nitrogens with zero attached hydrogens (tertiary/aromatic N) is 2. The monoisotopic (exact) mass is 311 g/mol. The fourth-order valence-electron chi connectivity index (χ4n) is 2.53. The van der Waals surface area contributed by atoms with Crippen LogP contribution in [0.15, 0.2) is 54.9 Å². The Kier molecular flexibility index (Phi) is 6.76. The molecule has 2 aromatic rings. The Balaban J connectivity index is 2.03. The lowest BCUT2D eigenvalue weighted by Crippen LogP contribution is -2.32. The number of aromatic nitrogens is 1. The average molecular weight is 311 g/mol. The third-order valence-electron chi connectivity index (χ3n) is 3.79. The van der Waals surface area contributed by atoms with Gasteiger partial charge in [-0.1, -0.05) is 30.3 Å². The first kappa shape index (κ1) is 17.2. The number of rotatable bonds is 8. The maximum absolute atomic E-state index is 12.7. The van der Waals surface area contributed by atoms with E-state index >= 15 is 0 Å². The first-order valence-electron chi connectivity index (χ1n) is 8.03. The Bertz CT molecular complexity index is 584. The van der Waals surface area contributed by atoms with Crippen LogP contribution in [-0.4, -0.2) is 43.0 Å². The van der Waals surface area contributed by atoms with Crippen molar-refractivity contribution < 1.29 is 4.79 Å². The summed E-state index contributed by atoms with van der Waals surface area (Å²) in [5.41, 5.74) is 2.17. The van der Waals surface area contributed by atoms with E-state index in [-0.39, 0.29) is 11.8 Å². The average Bonchev–Trinajstić information content (AvgIpc) is 2.58. The smallest absolute Gasteiger partial charge is 0.227 e. The molecule has 1 aromatic heterocycles. The van der Waals surface area contributed by atoms with Gasteiger partial charge in [-0.25, -0.2) is 0 Å². The van der Waals surface area contributed by atoms with Gasteiger partial charge in [-0.3, -0.25) is 9.78 Å². The second kappa shape index (κ2) is 9.06. The second-order valence-corrected chi connectivity index (χ2v) is 5.97. The first-order valence-corrected chi connectivity index (χ1v) is 8.03. The van der Waals surface area contributed by atoms with Gasteiger partial charge in [0.05, 0.1) is 5.92 Å². The van der Waals surface area contributed by atoms with Gasteiger partial charge >= 0.3 is 0 Å². The first-order chi connectivity index (χ1) is 11.2. The van der Waals surface area contributed by atoms with Crippen LogP contribution in [0.2, 0.25) is 0 Å². The second-order valence-electron chi connectivity index (χ2n) is 5.97. The molecule has 1 N–H and O–H groups in total. The van der Waals surface area contributed by atoms with Crippen molar-refractivity contribution in [3.8, 4) is 0 Å². The molecule has 1 amide bonds. The predicted octanol–water partition coefficient (Wildman–Crippen LogP) is 2.48. The number of benzene rings is 1. The lowest BCUT2D eigenvalue weighted by molar-refractivity contribution is -0.122. The van der Waals surface area contributed by atoms with Crippen LogP contribution in [0.1, 0.15) is 23.5 Å². The third-order valence-corrected chi connectivity index (χ3v) is 3.79. The van der Waals surface area contributed by atoms with Crippen molar-refractivity contribution in [1.29, 1.82) is 0 Å².